The lowest BCUT2D eigenvalue weighted by molar-refractivity contribution is -0.116. The van der Waals surface area contributed by atoms with Crippen LogP contribution >= 0.6 is 0 Å². The van der Waals surface area contributed by atoms with Gasteiger partial charge >= 0.3 is 0 Å². The second kappa shape index (κ2) is 10.6. The molecule has 16 heavy (non-hydrogen) atoms. The van der Waals surface area contributed by atoms with Crippen molar-refractivity contribution in [3.05, 3.63) is 12.2 Å². The summed E-state index contributed by atoms with van der Waals surface area (Å²) >= 11 is 0. The van der Waals surface area contributed by atoms with Gasteiger partial charge in [-0.05, 0) is 7.05 Å². The lowest BCUT2D eigenvalue weighted by atomic mass is 10.4. The summed E-state index contributed by atoms with van der Waals surface area (Å²) in [6, 6.07) is 0. The molecule has 1 N–H and O–H groups in total. The Kier molecular flexibility index (Phi) is 10.00. The van der Waals surface area contributed by atoms with Crippen molar-refractivity contribution in [2.75, 3.05) is 54.1 Å². The first kappa shape index (κ1) is 15.1. The normalized spacial score (nSPS) is 11.2. The number of hydrogen-bond donors (Lipinski definition) is 1. The Hall–Kier alpha value is -0.910. The number of likely N-dealkylation sites (N-methyl/N-ethyl adjacent to an activating group) is 1. The molecular formula is C11H22N2O3. The number of carbonyl (C=O) groups excluding carboxylic acids is 1. The summed E-state index contributed by atoms with van der Waals surface area (Å²) in [7, 11) is 5.26. The average molecular weight is 230 g/mol. The largest absolute Gasteiger partial charge is 0.383 e. The molecule has 0 aromatic rings. The van der Waals surface area contributed by atoms with Crippen LogP contribution in [0.4, 0.5) is 0 Å². The minimum Gasteiger partial charge on any atom is -0.383 e. The Labute approximate surface area is 97.4 Å². The van der Waals surface area contributed by atoms with Crippen LogP contribution in [-0.4, -0.2) is 64.9 Å². The molecule has 0 aromatic carbocycles. The highest BCUT2D eigenvalue weighted by Gasteiger charge is 1.96. The third kappa shape index (κ3) is 9.64. The number of carbonyl (C=O) groups is 1. The van der Waals surface area contributed by atoms with Crippen molar-refractivity contribution in [2.24, 2.45) is 0 Å². The van der Waals surface area contributed by atoms with E-state index in [9.17, 15) is 4.79 Å². The average Bonchev–Trinajstić information content (AvgIpc) is 2.26. The summed E-state index contributed by atoms with van der Waals surface area (Å²) in [5, 5.41) is 2.71. The number of hydrogen-bond acceptors (Lipinski definition) is 4. The van der Waals surface area contributed by atoms with Crippen LogP contribution in [0.1, 0.15) is 0 Å². The van der Waals surface area contributed by atoms with E-state index in [1.54, 1.807) is 20.3 Å². The van der Waals surface area contributed by atoms with E-state index in [1.807, 2.05) is 13.1 Å². The van der Waals surface area contributed by atoms with E-state index in [0.717, 1.165) is 13.1 Å². The van der Waals surface area contributed by atoms with Gasteiger partial charge in [0.05, 0.1) is 13.2 Å². The van der Waals surface area contributed by atoms with E-state index in [2.05, 4.69) is 10.2 Å². The van der Waals surface area contributed by atoms with E-state index >= 15 is 0 Å². The predicted molar refractivity (Wildman–Crippen MR) is 63.4 cm³/mol. The van der Waals surface area contributed by atoms with E-state index in [-0.39, 0.29) is 5.91 Å². The van der Waals surface area contributed by atoms with Crippen LogP contribution in [-0.2, 0) is 14.3 Å². The van der Waals surface area contributed by atoms with E-state index in [4.69, 9.17) is 9.47 Å². The zero-order valence-electron chi connectivity index (χ0n) is 10.4. The summed E-state index contributed by atoms with van der Waals surface area (Å²) < 4.78 is 9.76. The minimum atomic E-state index is -0.0859. The summed E-state index contributed by atoms with van der Waals surface area (Å²) in [6.07, 6.45) is 3.37. The zero-order chi connectivity index (χ0) is 12.2. The molecule has 0 atom stereocenters. The SMILES string of the molecule is COCCNC(=O)/C=C/CN(C)CCOC. The molecule has 5 nitrogen and oxygen atoms in total. The summed E-state index contributed by atoms with van der Waals surface area (Å²) in [5.74, 6) is -0.0859. The fraction of sp³-hybridized carbons (Fsp3) is 0.727. The van der Waals surface area contributed by atoms with E-state index in [0.29, 0.717) is 19.8 Å². The van der Waals surface area contributed by atoms with Gasteiger partial charge in [0.15, 0.2) is 0 Å². The Balaban J connectivity index is 3.53. The zero-order valence-corrected chi connectivity index (χ0v) is 10.4. The minimum absolute atomic E-state index is 0.0859. The van der Waals surface area contributed by atoms with Crippen molar-refractivity contribution in [1.29, 1.82) is 0 Å². The fourth-order valence-electron chi connectivity index (χ4n) is 1.01. The van der Waals surface area contributed by atoms with Crippen molar-refractivity contribution in [2.45, 2.75) is 0 Å². The van der Waals surface area contributed by atoms with Gasteiger partial charge in [0.2, 0.25) is 5.91 Å². The van der Waals surface area contributed by atoms with Crippen LogP contribution in [0.5, 0.6) is 0 Å². The highest BCUT2D eigenvalue weighted by atomic mass is 16.5. The summed E-state index contributed by atoms with van der Waals surface area (Å²) in [4.78, 5) is 13.3. The molecule has 0 unspecified atom stereocenters. The molecule has 0 radical (unpaired) electrons. The van der Waals surface area contributed by atoms with Crippen LogP contribution in [0.25, 0.3) is 0 Å². The monoisotopic (exact) mass is 230 g/mol. The maximum absolute atomic E-state index is 11.2. The van der Waals surface area contributed by atoms with Crippen LogP contribution < -0.4 is 5.32 Å². The van der Waals surface area contributed by atoms with E-state index in [1.165, 1.54) is 0 Å². The summed E-state index contributed by atoms with van der Waals surface area (Å²) in [5.41, 5.74) is 0. The maximum atomic E-state index is 11.2. The lowest BCUT2D eigenvalue weighted by Gasteiger charge is -2.12. The van der Waals surface area contributed by atoms with Crippen molar-refractivity contribution >= 4 is 5.91 Å². The first-order chi connectivity index (χ1) is 7.70. The third-order valence-electron chi connectivity index (χ3n) is 1.97. The van der Waals surface area contributed by atoms with Gasteiger partial charge in [0.1, 0.15) is 0 Å². The van der Waals surface area contributed by atoms with Crippen molar-refractivity contribution < 1.29 is 14.3 Å². The Morgan fingerprint density at radius 1 is 1.31 bits per heavy atom. The van der Waals surface area contributed by atoms with Gasteiger partial charge in [-0.2, -0.15) is 0 Å². The Bertz CT molecular complexity index is 207. The highest BCUT2D eigenvalue weighted by molar-refractivity contribution is 5.87. The quantitative estimate of drug-likeness (QED) is 0.443. The van der Waals surface area contributed by atoms with Crippen molar-refractivity contribution in [3.8, 4) is 0 Å². The first-order valence-corrected chi connectivity index (χ1v) is 5.31. The molecule has 0 aromatic heterocycles. The molecule has 0 aliphatic rings. The van der Waals surface area contributed by atoms with Gasteiger partial charge < -0.3 is 19.7 Å². The van der Waals surface area contributed by atoms with Crippen LogP contribution in [0.3, 0.4) is 0 Å². The number of ether oxygens (including phenoxy) is 2. The molecule has 0 rings (SSSR count). The molecule has 0 saturated heterocycles. The molecule has 0 fully saturated rings. The third-order valence-corrected chi connectivity index (χ3v) is 1.97. The summed E-state index contributed by atoms with van der Waals surface area (Å²) in [6.45, 7) is 3.37. The highest BCUT2D eigenvalue weighted by Crippen LogP contribution is 1.84. The van der Waals surface area contributed by atoms with Crippen molar-refractivity contribution in [3.63, 3.8) is 0 Å². The molecule has 0 bridgehead atoms. The second-order valence-corrected chi connectivity index (χ2v) is 3.44. The van der Waals surface area contributed by atoms with Gasteiger partial charge in [-0.1, -0.05) is 6.08 Å². The van der Waals surface area contributed by atoms with Crippen LogP contribution in [0.2, 0.25) is 0 Å². The standard InChI is InChI=1S/C11H22N2O3/c1-13(8-10-16-3)7-4-5-11(14)12-6-9-15-2/h4-5H,6-10H2,1-3H3,(H,12,14)/b5-4+. The molecule has 0 heterocycles. The molecule has 0 aliphatic carbocycles. The van der Waals surface area contributed by atoms with Gasteiger partial charge in [-0.3, -0.25) is 4.79 Å². The molecule has 94 valence electrons. The number of nitrogens with zero attached hydrogens (tertiary/aromatic N) is 1. The van der Waals surface area contributed by atoms with Gasteiger partial charge in [-0.25, -0.2) is 0 Å². The van der Waals surface area contributed by atoms with E-state index < -0.39 is 0 Å². The molecule has 1 amide bonds. The molecular weight excluding hydrogens is 208 g/mol. The van der Waals surface area contributed by atoms with Gasteiger partial charge in [0.25, 0.3) is 0 Å². The van der Waals surface area contributed by atoms with Crippen LogP contribution in [0.15, 0.2) is 12.2 Å². The maximum Gasteiger partial charge on any atom is 0.243 e. The van der Waals surface area contributed by atoms with Gasteiger partial charge in [0, 0.05) is 39.9 Å². The lowest BCUT2D eigenvalue weighted by Crippen LogP contribution is -2.26. The predicted octanol–water partition coefficient (Wildman–Crippen LogP) is -0.117. The number of rotatable bonds is 9. The molecule has 0 aliphatic heterocycles. The topological polar surface area (TPSA) is 50.8 Å². The molecule has 0 spiro atoms. The van der Waals surface area contributed by atoms with Crippen molar-refractivity contribution in [1.82, 2.24) is 10.2 Å². The first-order valence-electron chi connectivity index (χ1n) is 5.31. The fourth-order valence-corrected chi connectivity index (χ4v) is 1.01. The van der Waals surface area contributed by atoms with Crippen LogP contribution in [0, 0.1) is 0 Å². The van der Waals surface area contributed by atoms with Gasteiger partial charge in [-0.15, -0.1) is 0 Å². The number of amides is 1. The molecule has 0 saturated carbocycles. The second-order valence-electron chi connectivity index (χ2n) is 3.44. The molecule has 5 heteroatoms. The smallest absolute Gasteiger partial charge is 0.243 e. The number of methoxy groups -OCH3 is 2. The number of nitrogens with one attached hydrogen (secondary N) is 1. The Morgan fingerprint density at radius 2 is 2.00 bits per heavy atom. The Morgan fingerprint density at radius 3 is 2.62 bits per heavy atom.